The number of esters is 1. The molecule has 0 fully saturated rings. The van der Waals surface area contributed by atoms with E-state index in [0.29, 0.717) is 21.8 Å². The molecule has 106 valence electrons. The van der Waals surface area contributed by atoms with Crippen molar-refractivity contribution in [1.29, 1.82) is 0 Å². The van der Waals surface area contributed by atoms with Crippen LogP contribution in [0.1, 0.15) is 27.9 Å². The first-order chi connectivity index (χ1) is 9.60. The monoisotopic (exact) mass is 373 g/mol. The fourth-order valence-electron chi connectivity index (χ4n) is 1.76. The van der Waals surface area contributed by atoms with Crippen LogP contribution < -0.4 is 0 Å². The number of aryl methyl sites for hydroxylation is 2. The summed E-state index contributed by atoms with van der Waals surface area (Å²) in [6.45, 7) is 2.16. The lowest BCUT2D eigenvalue weighted by molar-refractivity contribution is 0.0530. The van der Waals surface area contributed by atoms with Crippen molar-refractivity contribution in [3.8, 4) is 0 Å². The molecule has 1 heterocycles. The average Bonchev–Trinajstić information content (AvgIpc) is 2.80. The van der Waals surface area contributed by atoms with Gasteiger partial charge in [0, 0.05) is 5.02 Å². The lowest BCUT2D eigenvalue weighted by Gasteiger charge is -2.03. The molecule has 0 saturated carbocycles. The summed E-state index contributed by atoms with van der Waals surface area (Å²) in [5, 5.41) is 0.720. The molecule has 20 heavy (non-hydrogen) atoms. The van der Waals surface area contributed by atoms with Crippen molar-refractivity contribution in [2.45, 2.75) is 19.8 Å². The van der Waals surface area contributed by atoms with Gasteiger partial charge in [-0.25, -0.2) is 9.78 Å². The van der Waals surface area contributed by atoms with E-state index in [1.54, 1.807) is 6.92 Å². The Kier molecular flexibility index (Phi) is 5.57. The van der Waals surface area contributed by atoms with Crippen LogP contribution in [-0.2, 0) is 17.6 Å². The van der Waals surface area contributed by atoms with Gasteiger partial charge in [-0.05, 0) is 53.4 Å². The van der Waals surface area contributed by atoms with E-state index in [0.717, 1.165) is 22.7 Å². The van der Waals surface area contributed by atoms with Gasteiger partial charge in [0.25, 0.3) is 0 Å². The largest absolute Gasteiger partial charge is 0.462 e. The highest BCUT2D eigenvalue weighted by Crippen LogP contribution is 2.25. The van der Waals surface area contributed by atoms with E-state index < -0.39 is 0 Å². The van der Waals surface area contributed by atoms with Gasteiger partial charge in [-0.15, -0.1) is 0 Å². The predicted octanol–water partition coefficient (Wildman–Crippen LogP) is 4.52. The number of nitrogens with zero attached hydrogens (tertiary/aromatic N) is 1. The second-order valence-electron chi connectivity index (χ2n) is 4.09. The van der Waals surface area contributed by atoms with Crippen molar-refractivity contribution in [3.05, 3.63) is 49.3 Å². The summed E-state index contributed by atoms with van der Waals surface area (Å²) in [6.07, 6.45) is 1.50. The fraction of sp³-hybridized carbons (Fsp3) is 0.286. The molecule has 0 radical (unpaired) electrons. The van der Waals surface area contributed by atoms with Crippen LogP contribution in [0.5, 0.6) is 0 Å². The van der Waals surface area contributed by atoms with E-state index in [2.05, 4.69) is 20.9 Å². The molecule has 2 aromatic rings. The molecule has 0 spiro atoms. The minimum Gasteiger partial charge on any atom is -0.462 e. The van der Waals surface area contributed by atoms with Gasteiger partial charge in [-0.3, -0.25) is 0 Å². The number of aromatic nitrogens is 1. The third-order valence-corrected chi connectivity index (χ3v) is 4.48. The number of halogens is 2. The number of hydrogen-bond donors (Lipinski definition) is 0. The number of carbonyl (C=O) groups is 1. The molecule has 0 aliphatic heterocycles. The van der Waals surface area contributed by atoms with Crippen molar-refractivity contribution in [2.24, 2.45) is 0 Å². The van der Waals surface area contributed by atoms with Gasteiger partial charge in [0.15, 0.2) is 3.92 Å². The summed E-state index contributed by atoms with van der Waals surface area (Å²) in [4.78, 5) is 16.8. The molecule has 3 nitrogen and oxygen atoms in total. The number of ether oxygens (including phenoxy) is 1. The molecule has 0 unspecified atom stereocenters. The van der Waals surface area contributed by atoms with Crippen molar-refractivity contribution >= 4 is 44.8 Å². The Labute approximate surface area is 135 Å². The highest BCUT2D eigenvalue weighted by molar-refractivity contribution is 9.11. The van der Waals surface area contributed by atoms with Crippen LogP contribution in [0.25, 0.3) is 0 Å². The molecule has 1 aromatic heterocycles. The van der Waals surface area contributed by atoms with Crippen molar-refractivity contribution < 1.29 is 9.53 Å². The van der Waals surface area contributed by atoms with Crippen LogP contribution in [-0.4, -0.2) is 17.6 Å². The second-order valence-corrected chi connectivity index (χ2v) is 6.80. The summed E-state index contributed by atoms with van der Waals surface area (Å²) < 4.78 is 5.74. The minimum absolute atomic E-state index is 0.304. The Bertz CT molecular complexity index is 598. The number of rotatable bonds is 5. The summed E-state index contributed by atoms with van der Waals surface area (Å²) in [7, 11) is 0. The number of hydrogen-bond acceptors (Lipinski definition) is 4. The second kappa shape index (κ2) is 7.20. The van der Waals surface area contributed by atoms with Gasteiger partial charge < -0.3 is 4.74 Å². The third-order valence-electron chi connectivity index (χ3n) is 2.70. The lowest BCUT2D eigenvalue weighted by Crippen LogP contribution is -2.06. The quantitative estimate of drug-likeness (QED) is 0.722. The van der Waals surface area contributed by atoms with E-state index in [9.17, 15) is 4.79 Å². The predicted molar refractivity (Wildman–Crippen MR) is 84.6 cm³/mol. The summed E-state index contributed by atoms with van der Waals surface area (Å²) in [5.74, 6) is -0.304. The highest BCUT2D eigenvalue weighted by Gasteiger charge is 2.18. The molecule has 0 amide bonds. The molecule has 0 atom stereocenters. The minimum atomic E-state index is -0.304. The molecule has 0 aliphatic rings. The zero-order valence-electron chi connectivity index (χ0n) is 10.9. The SMILES string of the molecule is CCOC(=O)c1sc(Br)nc1CCc1ccc(Cl)cc1. The Morgan fingerprint density at radius 3 is 2.70 bits per heavy atom. The molecular weight excluding hydrogens is 362 g/mol. The highest BCUT2D eigenvalue weighted by atomic mass is 79.9. The van der Waals surface area contributed by atoms with Gasteiger partial charge in [0.1, 0.15) is 4.88 Å². The van der Waals surface area contributed by atoms with Gasteiger partial charge in [0.2, 0.25) is 0 Å². The van der Waals surface area contributed by atoms with E-state index in [4.69, 9.17) is 16.3 Å². The van der Waals surface area contributed by atoms with Crippen LogP contribution >= 0.6 is 38.9 Å². The maximum Gasteiger partial charge on any atom is 0.350 e. The number of thiazole rings is 1. The van der Waals surface area contributed by atoms with Gasteiger partial charge in [-0.2, -0.15) is 0 Å². The Hall–Kier alpha value is -0.910. The first-order valence-corrected chi connectivity index (χ1v) is 8.15. The maximum absolute atomic E-state index is 11.8. The van der Waals surface area contributed by atoms with Crippen molar-refractivity contribution in [2.75, 3.05) is 6.61 Å². The molecule has 1 aromatic carbocycles. The number of benzene rings is 1. The fourth-order valence-corrected chi connectivity index (χ4v) is 3.32. The van der Waals surface area contributed by atoms with E-state index in [1.807, 2.05) is 24.3 Å². The average molecular weight is 375 g/mol. The molecule has 6 heteroatoms. The topological polar surface area (TPSA) is 39.2 Å². The number of carbonyl (C=O) groups excluding carboxylic acids is 1. The normalized spacial score (nSPS) is 10.6. The summed E-state index contributed by atoms with van der Waals surface area (Å²) in [6, 6.07) is 7.68. The summed E-state index contributed by atoms with van der Waals surface area (Å²) >= 11 is 10.5. The van der Waals surface area contributed by atoms with Crippen LogP contribution in [0.2, 0.25) is 5.02 Å². The molecule has 0 N–H and O–H groups in total. The van der Waals surface area contributed by atoms with Gasteiger partial charge >= 0.3 is 5.97 Å². The molecule has 0 aliphatic carbocycles. The Balaban J connectivity index is 2.09. The van der Waals surface area contributed by atoms with E-state index >= 15 is 0 Å². The molecule has 0 saturated heterocycles. The Morgan fingerprint density at radius 2 is 2.05 bits per heavy atom. The smallest absolute Gasteiger partial charge is 0.350 e. The summed E-state index contributed by atoms with van der Waals surface area (Å²) in [5.41, 5.74) is 1.93. The first-order valence-electron chi connectivity index (χ1n) is 6.17. The van der Waals surface area contributed by atoms with Crippen LogP contribution in [0.3, 0.4) is 0 Å². The molecule has 0 bridgehead atoms. The third kappa shape index (κ3) is 4.04. The van der Waals surface area contributed by atoms with E-state index in [1.165, 1.54) is 11.3 Å². The van der Waals surface area contributed by atoms with E-state index in [-0.39, 0.29) is 5.97 Å². The Morgan fingerprint density at radius 1 is 1.35 bits per heavy atom. The standard InChI is InChI=1S/C14H13BrClNO2S/c1-2-19-13(18)12-11(17-14(15)20-12)8-5-9-3-6-10(16)7-4-9/h3-4,6-7H,2,5,8H2,1H3. The van der Waals surface area contributed by atoms with Gasteiger partial charge in [0.05, 0.1) is 12.3 Å². The maximum atomic E-state index is 11.8. The zero-order valence-corrected chi connectivity index (χ0v) is 14.0. The molecular formula is C14H13BrClNO2S. The first kappa shape index (κ1) is 15.5. The lowest BCUT2D eigenvalue weighted by atomic mass is 10.1. The van der Waals surface area contributed by atoms with Gasteiger partial charge in [-0.1, -0.05) is 35.1 Å². The van der Waals surface area contributed by atoms with Crippen LogP contribution in [0.15, 0.2) is 28.2 Å². The zero-order chi connectivity index (χ0) is 14.5. The van der Waals surface area contributed by atoms with Crippen LogP contribution in [0, 0.1) is 0 Å². The van der Waals surface area contributed by atoms with Crippen LogP contribution in [0.4, 0.5) is 0 Å². The van der Waals surface area contributed by atoms with Crippen molar-refractivity contribution in [1.82, 2.24) is 4.98 Å². The van der Waals surface area contributed by atoms with Crippen molar-refractivity contribution in [3.63, 3.8) is 0 Å². The molecule has 2 rings (SSSR count).